The van der Waals surface area contributed by atoms with E-state index in [1.54, 1.807) is 13.0 Å². The van der Waals surface area contributed by atoms with Crippen molar-refractivity contribution in [1.82, 2.24) is 24.1 Å². The van der Waals surface area contributed by atoms with E-state index in [9.17, 15) is 8.42 Å². The topological polar surface area (TPSA) is 83.9 Å². The Morgan fingerprint density at radius 3 is 2.68 bits per heavy atom. The molecule has 1 saturated heterocycles. The van der Waals surface area contributed by atoms with Crippen LogP contribution in [0.5, 0.6) is 0 Å². The van der Waals surface area contributed by atoms with Crippen molar-refractivity contribution >= 4 is 33.8 Å². The molecule has 1 aliphatic rings. The van der Waals surface area contributed by atoms with Crippen molar-refractivity contribution in [2.75, 3.05) is 13.1 Å². The number of nitrogens with one attached hydrogen (secondary N) is 1. The standard InChI is InChI=1S/C15H20ClN5O2S2/c1-3-21-14(18-19-15(21)24)11-4-6-20(7-5-11)25(22,23)12-8-10(2)13(16)17-9-12/h8-9,11H,3-7H2,1-2H3,(H,19,24). The molecular weight excluding hydrogens is 382 g/mol. The molecule has 10 heteroatoms. The maximum atomic E-state index is 12.8. The molecule has 1 aliphatic heterocycles. The lowest BCUT2D eigenvalue weighted by Gasteiger charge is -2.30. The van der Waals surface area contributed by atoms with Crippen molar-refractivity contribution in [2.24, 2.45) is 0 Å². The number of hydrogen-bond acceptors (Lipinski definition) is 5. The van der Waals surface area contributed by atoms with Gasteiger partial charge in [0, 0.05) is 31.7 Å². The summed E-state index contributed by atoms with van der Waals surface area (Å²) < 4.78 is 29.7. The molecule has 3 rings (SSSR count). The molecule has 0 unspecified atom stereocenters. The number of pyridine rings is 1. The first-order chi connectivity index (χ1) is 11.8. The summed E-state index contributed by atoms with van der Waals surface area (Å²) in [7, 11) is -3.56. The molecule has 7 nitrogen and oxygen atoms in total. The van der Waals surface area contributed by atoms with E-state index in [0.29, 0.717) is 41.4 Å². The Labute approximate surface area is 157 Å². The number of hydrogen-bond donors (Lipinski definition) is 1. The van der Waals surface area contributed by atoms with E-state index in [0.717, 1.165) is 12.4 Å². The van der Waals surface area contributed by atoms with Gasteiger partial charge in [-0.25, -0.2) is 13.4 Å². The Morgan fingerprint density at radius 2 is 2.08 bits per heavy atom. The van der Waals surface area contributed by atoms with Gasteiger partial charge in [0.15, 0.2) is 4.77 Å². The van der Waals surface area contributed by atoms with Crippen LogP contribution in [-0.2, 0) is 16.6 Å². The van der Waals surface area contributed by atoms with E-state index in [4.69, 9.17) is 23.8 Å². The molecule has 2 aromatic rings. The number of rotatable bonds is 4. The summed E-state index contributed by atoms with van der Waals surface area (Å²) in [4.78, 5) is 4.14. The van der Waals surface area contributed by atoms with Gasteiger partial charge in [-0.3, -0.25) is 5.10 Å². The highest BCUT2D eigenvalue weighted by Gasteiger charge is 2.32. The zero-order valence-corrected chi connectivity index (χ0v) is 16.5. The lowest BCUT2D eigenvalue weighted by molar-refractivity contribution is 0.309. The van der Waals surface area contributed by atoms with Crippen LogP contribution in [0, 0.1) is 11.7 Å². The number of halogens is 1. The van der Waals surface area contributed by atoms with Gasteiger partial charge >= 0.3 is 0 Å². The molecular formula is C15H20ClN5O2S2. The maximum Gasteiger partial charge on any atom is 0.244 e. The minimum atomic E-state index is -3.56. The molecule has 3 heterocycles. The third kappa shape index (κ3) is 3.51. The highest BCUT2D eigenvalue weighted by Crippen LogP contribution is 2.30. The largest absolute Gasteiger partial charge is 0.304 e. The molecule has 0 aromatic carbocycles. The normalized spacial score (nSPS) is 17.1. The first-order valence-corrected chi connectivity index (χ1v) is 10.3. The predicted molar refractivity (Wildman–Crippen MR) is 97.8 cm³/mol. The summed E-state index contributed by atoms with van der Waals surface area (Å²) in [6.07, 6.45) is 2.73. The second kappa shape index (κ2) is 7.14. The van der Waals surface area contributed by atoms with Crippen LogP contribution in [0.3, 0.4) is 0 Å². The Morgan fingerprint density at radius 1 is 1.40 bits per heavy atom. The van der Waals surface area contributed by atoms with Gasteiger partial charge in [0.1, 0.15) is 15.9 Å². The molecule has 0 saturated carbocycles. The van der Waals surface area contributed by atoms with E-state index in [2.05, 4.69) is 15.2 Å². The van der Waals surface area contributed by atoms with Gasteiger partial charge in [0.05, 0.1) is 0 Å². The highest BCUT2D eigenvalue weighted by atomic mass is 35.5. The van der Waals surface area contributed by atoms with Crippen LogP contribution < -0.4 is 0 Å². The van der Waals surface area contributed by atoms with Crippen LogP contribution in [0.25, 0.3) is 0 Å². The predicted octanol–water partition coefficient (Wildman–Crippen LogP) is 2.89. The summed E-state index contributed by atoms with van der Waals surface area (Å²) in [5, 5.41) is 7.48. The van der Waals surface area contributed by atoms with E-state index >= 15 is 0 Å². The number of aromatic amines is 1. The fourth-order valence-electron chi connectivity index (χ4n) is 3.12. The van der Waals surface area contributed by atoms with Gasteiger partial charge in [-0.2, -0.15) is 9.40 Å². The third-order valence-electron chi connectivity index (χ3n) is 4.55. The average molecular weight is 402 g/mol. The monoisotopic (exact) mass is 401 g/mol. The van der Waals surface area contributed by atoms with E-state index in [1.165, 1.54) is 10.5 Å². The van der Waals surface area contributed by atoms with Crippen LogP contribution in [0.4, 0.5) is 0 Å². The van der Waals surface area contributed by atoms with Crippen molar-refractivity contribution in [2.45, 2.75) is 44.0 Å². The number of aryl methyl sites for hydroxylation is 1. The smallest absolute Gasteiger partial charge is 0.244 e. The molecule has 1 N–H and O–H groups in total. The lowest BCUT2D eigenvalue weighted by Crippen LogP contribution is -2.38. The molecule has 0 amide bonds. The van der Waals surface area contributed by atoms with Crippen LogP contribution in [0.2, 0.25) is 5.15 Å². The van der Waals surface area contributed by atoms with Gasteiger partial charge in [-0.05, 0) is 50.5 Å². The van der Waals surface area contributed by atoms with Crippen LogP contribution in [0.15, 0.2) is 17.2 Å². The summed E-state index contributed by atoms with van der Waals surface area (Å²) in [5.41, 5.74) is 0.649. The van der Waals surface area contributed by atoms with Crippen molar-refractivity contribution in [3.8, 4) is 0 Å². The van der Waals surface area contributed by atoms with Gasteiger partial charge in [-0.1, -0.05) is 11.6 Å². The molecule has 136 valence electrons. The van der Waals surface area contributed by atoms with Gasteiger partial charge in [-0.15, -0.1) is 0 Å². The quantitative estimate of drug-likeness (QED) is 0.629. The Balaban J connectivity index is 1.77. The second-order valence-corrected chi connectivity index (χ2v) is 8.77. The third-order valence-corrected chi connectivity index (χ3v) is 7.12. The summed E-state index contributed by atoms with van der Waals surface area (Å²) in [6.45, 7) is 5.40. The average Bonchev–Trinajstić information content (AvgIpc) is 2.98. The number of aromatic nitrogens is 4. The molecule has 0 spiro atoms. The van der Waals surface area contributed by atoms with Gasteiger partial charge in [0.2, 0.25) is 10.0 Å². The van der Waals surface area contributed by atoms with Crippen molar-refractivity contribution < 1.29 is 8.42 Å². The first kappa shape index (κ1) is 18.5. The Kier molecular flexibility index (Phi) is 5.29. The lowest BCUT2D eigenvalue weighted by atomic mass is 9.97. The highest BCUT2D eigenvalue weighted by molar-refractivity contribution is 7.89. The Bertz CT molecular complexity index is 930. The first-order valence-electron chi connectivity index (χ1n) is 8.12. The zero-order chi connectivity index (χ0) is 18.2. The molecule has 0 atom stereocenters. The zero-order valence-electron chi connectivity index (χ0n) is 14.1. The van der Waals surface area contributed by atoms with Gasteiger partial charge in [0.25, 0.3) is 0 Å². The molecule has 2 aromatic heterocycles. The Hall–Kier alpha value is -1.29. The molecule has 0 aliphatic carbocycles. The molecule has 0 radical (unpaired) electrons. The van der Waals surface area contributed by atoms with E-state index < -0.39 is 10.0 Å². The number of nitrogens with zero attached hydrogens (tertiary/aromatic N) is 4. The van der Waals surface area contributed by atoms with Crippen LogP contribution >= 0.6 is 23.8 Å². The number of piperidine rings is 1. The summed E-state index contributed by atoms with van der Waals surface area (Å²) in [6, 6.07) is 1.57. The van der Waals surface area contributed by atoms with Crippen molar-refractivity contribution in [3.05, 3.63) is 33.6 Å². The summed E-state index contributed by atoms with van der Waals surface area (Å²) >= 11 is 11.1. The SMILES string of the molecule is CCn1c(C2CCN(S(=O)(=O)c3cnc(Cl)c(C)c3)CC2)n[nH]c1=S. The maximum absolute atomic E-state index is 12.8. The minimum absolute atomic E-state index is 0.184. The molecule has 25 heavy (non-hydrogen) atoms. The van der Waals surface area contributed by atoms with Crippen molar-refractivity contribution in [1.29, 1.82) is 0 Å². The van der Waals surface area contributed by atoms with Crippen LogP contribution in [-0.4, -0.2) is 45.6 Å². The van der Waals surface area contributed by atoms with E-state index in [-0.39, 0.29) is 10.8 Å². The summed E-state index contributed by atoms with van der Waals surface area (Å²) in [5.74, 6) is 1.11. The van der Waals surface area contributed by atoms with Gasteiger partial charge < -0.3 is 4.57 Å². The van der Waals surface area contributed by atoms with Crippen molar-refractivity contribution in [3.63, 3.8) is 0 Å². The molecule has 1 fully saturated rings. The molecule has 0 bridgehead atoms. The van der Waals surface area contributed by atoms with E-state index in [1.807, 2.05) is 11.5 Å². The minimum Gasteiger partial charge on any atom is -0.304 e. The number of H-pyrrole nitrogens is 1. The fraction of sp³-hybridized carbons (Fsp3) is 0.533. The fourth-order valence-corrected chi connectivity index (χ4v) is 5.00. The van der Waals surface area contributed by atoms with Crippen LogP contribution in [0.1, 0.15) is 37.1 Å². The number of sulfonamides is 1. The second-order valence-electron chi connectivity index (χ2n) is 6.09.